The Kier molecular flexibility index (Phi) is 5.77. The number of hydrogen-bond donors (Lipinski definition) is 1. The Balaban J connectivity index is 1.68. The van der Waals surface area contributed by atoms with Gasteiger partial charge < -0.3 is 5.32 Å². The number of anilines is 2. The Morgan fingerprint density at radius 1 is 0.967 bits per heavy atom. The van der Waals surface area contributed by atoms with Gasteiger partial charge in [-0.1, -0.05) is 31.5 Å². The second-order valence-corrected chi connectivity index (χ2v) is 8.02. The van der Waals surface area contributed by atoms with E-state index in [0.717, 1.165) is 19.3 Å². The number of imide groups is 1. The van der Waals surface area contributed by atoms with Crippen molar-refractivity contribution in [1.29, 1.82) is 0 Å². The predicted octanol–water partition coefficient (Wildman–Crippen LogP) is 5.63. The van der Waals surface area contributed by atoms with E-state index in [4.69, 9.17) is 0 Å². The molecule has 0 radical (unpaired) electrons. The summed E-state index contributed by atoms with van der Waals surface area (Å²) in [4.78, 5) is 28.5. The monoisotopic (exact) mass is 420 g/mol. The highest BCUT2D eigenvalue weighted by molar-refractivity contribution is 7.11. The molecule has 2 heterocycles. The van der Waals surface area contributed by atoms with Crippen LogP contribution in [0.4, 0.5) is 15.8 Å². The molecule has 1 aliphatic rings. The quantitative estimate of drug-likeness (QED) is 0.504. The van der Waals surface area contributed by atoms with Crippen molar-refractivity contribution in [2.24, 2.45) is 0 Å². The van der Waals surface area contributed by atoms with E-state index in [1.807, 2.05) is 41.8 Å². The van der Waals surface area contributed by atoms with Crippen molar-refractivity contribution >= 4 is 40.1 Å². The summed E-state index contributed by atoms with van der Waals surface area (Å²) in [5, 5.41) is 4.90. The number of benzene rings is 2. The molecule has 4 nitrogen and oxygen atoms in total. The summed E-state index contributed by atoms with van der Waals surface area (Å²) < 4.78 is 13.3. The normalized spacial score (nSPS) is 14.0. The molecule has 6 heteroatoms. The molecule has 0 spiro atoms. The molecule has 2 amide bonds. The van der Waals surface area contributed by atoms with E-state index >= 15 is 0 Å². The largest absolute Gasteiger partial charge is 0.350 e. The number of carbonyl (C=O) groups excluding carboxylic acids is 2. The Hall–Kier alpha value is -3.25. The molecule has 0 aliphatic carbocycles. The topological polar surface area (TPSA) is 49.4 Å². The molecule has 0 atom stereocenters. The van der Waals surface area contributed by atoms with Gasteiger partial charge in [-0.25, -0.2) is 9.29 Å². The first-order chi connectivity index (χ1) is 14.6. The van der Waals surface area contributed by atoms with Gasteiger partial charge in [0.25, 0.3) is 11.8 Å². The number of thiophene rings is 1. The first-order valence-electron chi connectivity index (χ1n) is 9.87. The number of carbonyl (C=O) groups is 2. The molecule has 152 valence electrons. The number of nitrogens with zero attached hydrogens (tertiary/aromatic N) is 1. The van der Waals surface area contributed by atoms with E-state index in [1.165, 1.54) is 46.1 Å². The molecule has 0 unspecified atom stereocenters. The van der Waals surface area contributed by atoms with Crippen LogP contribution in [0.5, 0.6) is 0 Å². The van der Waals surface area contributed by atoms with Crippen LogP contribution in [0.1, 0.15) is 30.2 Å². The molecular weight excluding hydrogens is 399 g/mol. The molecular formula is C24H21FN2O2S. The lowest BCUT2D eigenvalue weighted by Crippen LogP contribution is -2.32. The zero-order valence-corrected chi connectivity index (χ0v) is 17.3. The van der Waals surface area contributed by atoms with Gasteiger partial charge in [-0.3, -0.25) is 9.59 Å². The minimum Gasteiger partial charge on any atom is -0.350 e. The lowest BCUT2D eigenvalue weighted by Gasteiger charge is -2.16. The Morgan fingerprint density at radius 3 is 2.33 bits per heavy atom. The summed E-state index contributed by atoms with van der Waals surface area (Å²) in [5.74, 6) is -1.16. The maximum absolute atomic E-state index is 13.3. The minimum atomic E-state index is -0.422. The van der Waals surface area contributed by atoms with Crippen LogP contribution in [0, 0.1) is 5.82 Å². The molecule has 4 rings (SSSR count). The molecule has 1 N–H and O–H groups in total. The SMILES string of the molecule is CCCCc1ccc(N2C(=O)C(Nc3ccc(F)cc3)=C(c3cccs3)C2=O)cc1. The Labute approximate surface area is 178 Å². The van der Waals surface area contributed by atoms with Crippen LogP contribution in [0.15, 0.2) is 71.7 Å². The summed E-state index contributed by atoms with van der Waals surface area (Å²) in [7, 11) is 0. The first-order valence-corrected chi connectivity index (χ1v) is 10.7. The Bertz CT molecular complexity index is 1090. The number of halogens is 1. The van der Waals surface area contributed by atoms with Gasteiger partial charge in [0, 0.05) is 10.6 Å². The van der Waals surface area contributed by atoms with Crippen molar-refractivity contribution in [3.8, 4) is 0 Å². The first kappa shape index (κ1) is 20.0. The molecule has 0 saturated carbocycles. The van der Waals surface area contributed by atoms with Crippen LogP contribution in [-0.2, 0) is 16.0 Å². The van der Waals surface area contributed by atoms with Gasteiger partial charge in [0.1, 0.15) is 11.5 Å². The number of rotatable bonds is 7. The van der Waals surface area contributed by atoms with E-state index in [2.05, 4.69) is 12.2 Å². The smallest absolute Gasteiger partial charge is 0.282 e. The Morgan fingerprint density at radius 2 is 1.70 bits per heavy atom. The number of hydrogen-bond acceptors (Lipinski definition) is 4. The molecule has 0 bridgehead atoms. The van der Waals surface area contributed by atoms with Crippen LogP contribution >= 0.6 is 11.3 Å². The maximum atomic E-state index is 13.3. The summed E-state index contributed by atoms with van der Waals surface area (Å²) >= 11 is 1.39. The van der Waals surface area contributed by atoms with Crippen LogP contribution in [-0.4, -0.2) is 11.8 Å². The van der Waals surface area contributed by atoms with Crippen molar-refractivity contribution in [3.63, 3.8) is 0 Å². The third-order valence-electron chi connectivity index (χ3n) is 4.98. The molecule has 3 aromatic rings. The van der Waals surface area contributed by atoms with Crippen LogP contribution < -0.4 is 10.2 Å². The second kappa shape index (κ2) is 8.63. The highest BCUT2D eigenvalue weighted by Crippen LogP contribution is 2.35. The highest BCUT2D eigenvalue weighted by Gasteiger charge is 2.40. The van der Waals surface area contributed by atoms with Gasteiger partial charge in [0.2, 0.25) is 0 Å². The fourth-order valence-electron chi connectivity index (χ4n) is 3.40. The molecule has 30 heavy (non-hydrogen) atoms. The number of aryl methyl sites for hydroxylation is 1. The van der Waals surface area contributed by atoms with Crippen molar-refractivity contribution in [2.45, 2.75) is 26.2 Å². The maximum Gasteiger partial charge on any atom is 0.282 e. The molecule has 1 aromatic heterocycles. The van der Waals surface area contributed by atoms with Gasteiger partial charge in [-0.15, -0.1) is 11.3 Å². The second-order valence-electron chi connectivity index (χ2n) is 7.07. The van der Waals surface area contributed by atoms with Crippen LogP contribution in [0.25, 0.3) is 5.57 Å². The average Bonchev–Trinajstić information content (AvgIpc) is 3.35. The third-order valence-corrected chi connectivity index (χ3v) is 5.87. The lowest BCUT2D eigenvalue weighted by atomic mass is 10.1. The third kappa shape index (κ3) is 3.91. The van der Waals surface area contributed by atoms with E-state index in [1.54, 1.807) is 0 Å². The van der Waals surface area contributed by atoms with Crippen molar-refractivity contribution in [3.05, 3.63) is 88.0 Å². The van der Waals surface area contributed by atoms with Gasteiger partial charge in [0.15, 0.2) is 0 Å². The summed E-state index contributed by atoms with van der Waals surface area (Å²) in [6, 6.07) is 16.9. The van der Waals surface area contributed by atoms with Crippen molar-refractivity contribution in [1.82, 2.24) is 0 Å². The van der Waals surface area contributed by atoms with Crippen molar-refractivity contribution in [2.75, 3.05) is 10.2 Å². The number of nitrogens with one attached hydrogen (secondary N) is 1. The van der Waals surface area contributed by atoms with E-state index in [-0.39, 0.29) is 17.4 Å². The minimum absolute atomic E-state index is 0.198. The van der Waals surface area contributed by atoms with Gasteiger partial charge in [-0.05, 0) is 66.2 Å². The van der Waals surface area contributed by atoms with E-state index in [9.17, 15) is 14.0 Å². The molecule has 1 aliphatic heterocycles. The predicted molar refractivity (Wildman–Crippen MR) is 119 cm³/mol. The molecule has 0 fully saturated rings. The zero-order valence-electron chi connectivity index (χ0n) is 16.5. The molecule has 0 saturated heterocycles. The van der Waals surface area contributed by atoms with Gasteiger partial charge in [0.05, 0.1) is 11.3 Å². The fraction of sp³-hybridized carbons (Fsp3) is 0.167. The highest BCUT2D eigenvalue weighted by atomic mass is 32.1. The summed E-state index contributed by atoms with van der Waals surface area (Å²) in [6.07, 6.45) is 3.17. The summed E-state index contributed by atoms with van der Waals surface area (Å²) in [5.41, 5.74) is 2.78. The van der Waals surface area contributed by atoms with E-state index in [0.29, 0.717) is 21.8 Å². The van der Waals surface area contributed by atoms with Gasteiger partial charge >= 0.3 is 0 Å². The van der Waals surface area contributed by atoms with E-state index < -0.39 is 5.91 Å². The zero-order chi connectivity index (χ0) is 21.1. The summed E-state index contributed by atoms with van der Waals surface area (Å²) in [6.45, 7) is 2.14. The average molecular weight is 421 g/mol. The van der Waals surface area contributed by atoms with Crippen LogP contribution in [0.3, 0.4) is 0 Å². The standard InChI is InChI=1S/C24H21FN2O2S/c1-2-3-5-16-7-13-19(14-8-16)27-23(28)21(20-6-4-15-30-20)22(24(27)29)26-18-11-9-17(25)10-12-18/h4,6-15,26H,2-3,5H2,1H3. The number of unbranched alkanes of at least 4 members (excludes halogenated alkanes) is 1. The fourth-order valence-corrected chi connectivity index (χ4v) is 4.17. The van der Waals surface area contributed by atoms with Gasteiger partial charge in [-0.2, -0.15) is 0 Å². The molecule has 2 aromatic carbocycles. The van der Waals surface area contributed by atoms with Crippen molar-refractivity contribution < 1.29 is 14.0 Å². The lowest BCUT2D eigenvalue weighted by molar-refractivity contribution is -0.120. The number of amides is 2. The van der Waals surface area contributed by atoms with Crippen LogP contribution in [0.2, 0.25) is 0 Å².